The quantitative estimate of drug-likeness (QED) is 0.652. The van der Waals surface area contributed by atoms with Crippen molar-refractivity contribution in [2.24, 2.45) is 17.8 Å². The summed E-state index contributed by atoms with van der Waals surface area (Å²) < 4.78 is 0. The fourth-order valence-corrected chi connectivity index (χ4v) is 1.50. The molecule has 68 valence electrons. The Hall–Kier alpha value is -0.0400. The predicted octanol–water partition coefficient (Wildman–Crippen LogP) is 2.69. The molecule has 11 heavy (non-hydrogen) atoms. The molecule has 0 spiro atoms. The molecule has 1 heteroatoms. The lowest BCUT2D eigenvalue weighted by Gasteiger charge is -2.25. The molecule has 0 rings (SSSR count). The van der Waals surface area contributed by atoms with E-state index in [9.17, 15) is 0 Å². The second-order valence-corrected chi connectivity index (χ2v) is 3.60. The van der Waals surface area contributed by atoms with E-state index in [1.807, 2.05) is 0 Å². The summed E-state index contributed by atoms with van der Waals surface area (Å²) >= 11 is 0. The van der Waals surface area contributed by atoms with Gasteiger partial charge in [0.25, 0.3) is 0 Å². The van der Waals surface area contributed by atoms with Crippen LogP contribution in [0.3, 0.4) is 0 Å². The third-order valence-corrected chi connectivity index (χ3v) is 3.04. The molecule has 0 aliphatic carbocycles. The van der Waals surface area contributed by atoms with Gasteiger partial charge in [-0.1, -0.05) is 40.5 Å². The Morgan fingerprint density at radius 2 is 1.64 bits per heavy atom. The van der Waals surface area contributed by atoms with E-state index in [1.54, 1.807) is 0 Å². The summed E-state index contributed by atoms with van der Waals surface area (Å²) in [6, 6.07) is 0. The Bertz CT molecular complexity index is 86.9. The summed E-state index contributed by atoms with van der Waals surface area (Å²) in [6.45, 7) is 9.23. The van der Waals surface area contributed by atoms with Gasteiger partial charge in [0.2, 0.25) is 0 Å². The van der Waals surface area contributed by atoms with Crippen molar-refractivity contribution in [2.75, 3.05) is 6.61 Å². The van der Waals surface area contributed by atoms with Crippen LogP contribution >= 0.6 is 0 Å². The minimum atomic E-state index is 0.349. The van der Waals surface area contributed by atoms with Gasteiger partial charge in [0, 0.05) is 6.61 Å². The van der Waals surface area contributed by atoms with Crippen molar-refractivity contribution in [1.82, 2.24) is 0 Å². The molecule has 0 radical (unpaired) electrons. The molecule has 0 aliphatic rings. The van der Waals surface area contributed by atoms with Gasteiger partial charge in [-0.3, -0.25) is 0 Å². The highest BCUT2D eigenvalue weighted by Gasteiger charge is 2.18. The zero-order valence-electron chi connectivity index (χ0n) is 8.30. The first kappa shape index (κ1) is 11.0. The van der Waals surface area contributed by atoms with E-state index in [0.717, 1.165) is 12.3 Å². The monoisotopic (exact) mass is 158 g/mol. The highest BCUT2D eigenvalue weighted by molar-refractivity contribution is 4.68. The fourth-order valence-electron chi connectivity index (χ4n) is 1.50. The summed E-state index contributed by atoms with van der Waals surface area (Å²) in [6.07, 6.45) is 2.32. The third kappa shape index (κ3) is 3.24. The summed E-state index contributed by atoms with van der Waals surface area (Å²) in [4.78, 5) is 0. The van der Waals surface area contributed by atoms with Gasteiger partial charge in [-0.05, 0) is 17.8 Å². The molecule has 0 aliphatic heterocycles. The molecule has 3 unspecified atom stereocenters. The first-order valence-corrected chi connectivity index (χ1v) is 4.78. The van der Waals surface area contributed by atoms with Crippen LogP contribution in [0.4, 0.5) is 0 Å². The molecule has 0 heterocycles. The maximum atomic E-state index is 9.04. The molecule has 0 fully saturated rings. The Labute approximate surface area is 70.8 Å². The first-order chi connectivity index (χ1) is 5.17. The largest absolute Gasteiger partial charge is 0.396 e. The zero-order chi connectivity index (χ0) is 8.85. The summed E-state index contributed by atoms with van der Waals surface area (Å²) in [5, 5.41) is 9.04. The molecule has 0 saturated carbocycles. The normalized spacial score (nSPS) is 19.4. The van der Waals surface area contributed by atoms with Crippen LogP contribution in [0.2, 0.25) is 0 Å². The van der Waals surface area contributed by atoms with E-state index in [4.69, 9.17) is 5.11 Å². The standard InChI is InChI=1S/C10H22O/c1-5-8(3)9(4)10(6-2)7-11/h8-11H,5-7H2,1-4H3. The van der Waals surface area contributed by atoms with Crippen LogP contribution < -0.4 is 0 Å². The van der Waals surface area contributed by atoms with Crippen LogP contribution in [-0.4, -0.2) is 11.7 Å². The SMILES string of the molecule is CCC(C)C(C)C(CC)CO. The lowest BCUT2D eigenvalue weighted by Crippen LogP contribution is -2.21. The molecular formula is C10H22O. The minimum Gasteiger partial charge on any atom is -0.396 e. The molecule has 0 amide bonds. The predicted molar refractivity (Wildman–Crippen MR) is 49.5 cm³/mol. The minimum absolute atomic E-state index is 0.349. The summed E-state index contributed by atoms with van der Waals surface area (Å²) in [5.74, 6) is 1.91. The van der Waals surface area contributed by atoms with Crippen molar-refractivity contribution < 1.29 is 5.11 Å². The maximum absolute atomic E-state index is 9.04. The van der Waals surface area contributed by atoms with Crippen molar-refractivity contribution in [1.29, 1.82) is 0 Å². The van der Waals surface area contributed by atoms with Crippen molar-refractivity contribution >= 4 is 0 Å². The van der Waals surface area contributed by atoms with Gasteiger partial charge in [-0.2, -0.15) is 0 Å². The van der Waals surface area contributed by atoms with Crippen molar-refractivity contribution in [3.05, 3.63) is 0 Å². The van der Waals surface area contributed by atoms with E-state index in [-0.39, 0.29) is 0 Å². The number of hydrogen-bond donors (Lipinski definition) is 1. The van der Waals surface area contributed by atoms with Crippen LogP contribution in [0, 0.1) is 17.8 Å². The van der Waals surface area contributed by atoms with Gasteiger partial charge in [-0.25, -0.2) is 0 Å². The molecule has 0 saturated heterocycles. The molecule has 1 N–H and O–H groups in total. The van der Waals surface area contributed by atoms with E-state index in [0.29, 0.717) is 18.4 Å². The molecule has 0 aromatic heterocycles. The lowest BCUT2D eigenvalue weighted by molar-refractivity contribution is 0.146. The lowest BCUT2D eigenvalue weighted by atomic mass is 9.82. The number of hydrogen-bond acceptors (Lipinski definition) is 1. The molecule has 0 aromatic carbocycles. The van der Waals surface area contributed by atoms with Crippen LogP contribution in [0.15, 0.2) is 0 Å². The van der Waals surface area contributed by atoms with Crippen molar-refractivity contribution in [3.63, 3.8) is 0 Å². The molecule has 1 nitrogen and oxygen atoms in total. The number of aliphatic hydroxyl groups excluding tert-OH is 1. The number of rotatable bonds is 5. The average Bonchev–Trinajstić information content (AvgIpc) is 2.05. The smallest absolute Gasteiger partial charge is 0.0461 e. The van der Waals surface area contributed by atoms with E-state index in [1.165, 1.54) is 6.42 Å². The van der Waals surface area contributed by atoms with Gasteiger partial charge in [-0.15, -0.1) is 0 Å². The Kier molecular flexibility index (Phi) is 5.57. The Morgan fingerprint density at radius 3 is 1.91 bits per heavy atom. The molecule has 0 bridgehead atoms. The molecular weight excluding hydrogens is 136 g/mol. The average molecular weight is 158 g/mol. The van der Waals surface area contributed by atoms with Crippen LogP contribution in [0.1, 0.15) is 40.5 Å². The van der Waals surface area contributed by atoms with Crippen molar-refractivity contribution in [3.8, 4) is 0 Å². The molecule has 0 aromatic rings. The van der Waals surface area contributed by atoms with Crippen LogP contribution in [-0.2, 0) is 0 Å². The first-order valence-electron chi connectivity index (χ1n) is 4.78. The van der Waals surface area contributed by atoms with Gasteiger partial charge in [0.05, 0.1) is 0 Å². The summed E-state index contributed by atoms with van der Waals surface area (Å²) in [5.41, 5.74) is 0. The van der Waals surface area contributed by atoms with E-state index < -0.39 is 0 Å². The van der Waals surface area contributed by atoms with Gasteiger partial charge in [0.15, 0.2) is 0 Å². The zero-order valence-corrected chi connectivity index (χ0v) is 8.30. The van der Waals surface area contributed by atoms with E-state index in [2.05, 4.69) is 27.7 Å². The number of aliphatic hydroxyl groups is 1. The molecule has 3 atom stereocenters. The maximum Gasteiger partial charge on any atom is 0.0461 e. The van der Waals surface area contributed by atoms with Gasteiger partial charge >= 0.3 is 0 Å². The van der Waals surface area contributed by atoms with Crippen LogP contribution in [0.25, 0.3) is 0 Å². The van der Waals surface area contributed by atoms with Crippen LogP contribution in [0.5, 0.6) is 0 Å². The van der Waals surface area contributed by atoms with Gasteiger partial charge < -0.3 is 5.11 Å². The fraction of sp³-hybridized carbons (Fsp3) is 1.00. The second kappa shape index (κ2) is 5.59. The Balaban J connectivity index is 3.86. The highest BCUT2D eigenvalue weighted by atomic mass is 16.3. The van der Waals surface area contributed by atoms with Gasteiger partial charge in [0.1, 0.15) is 0 Å². The summed E-state index contributed by atoms with van der Waals surface area (Å²) in [7, 11) is 0. The topological polar surface area (TPSA) is 20.2 Å². The second-order valence-electron chi connectivity index (χ2n) is 3.60. The van der Waals surface area contributed by atoms with Crippen molar-refractivity contribution in [2.45, 2.75) is 40.5 Å². The third-order valence-electron chi connectivity index (χ3n) is 3.04. The Morgan fingerprint density at radius 1 is 1.09 bits per heavy atom. The highest BCUT2D eigenvalue weighted by Crippen LogP contribution is 2.24. The van der Waals surface area contributed by atoms with E-state index >= 15 is 0 Å².